The van der Waals surface area contributed by atoms with Crippen LogP contribution in [0.4, 0.5) is 0 Å². The van der Waals surface area contributed by atoms with Gasteiger partial charge in [-0.3, -0.25) is 4.79 Å². The molecular formula is C12H24N2O5S. The first-order valence-electron chi connectivity index (χ1n) is 6.78. The van der Waals surface area contributed by atoms with Crippen molar-refractivity contribution < 1.29 is 23.1 Å². The number of aliphatic hydroxyl groups excluding tert-OH is 1. The number of nitrogens with one attached hydrogen (secondary N) is 1. The molecule has 0 aliphatic heterocycles. The summed E-state index contributed by atoms with van der Waals surface area (Å²) in [6.45, 7) is -0.166. The van der Waals surface area contributed by atoms with Gasteiger partial charge < -0.3 is 9.84 Å². The van der Waals surface area contributed by atoms with Crippen molar-refractivity contribution in [2.75, 3.05) is 27.3 Å². The van der Waals surface area contributed by atoms with Gasteiger partial charge in [0.25, 0.3) is 10.2 Å². The Morgan fingerprint density at radius 1 is 1.35 bits per heavy atom. The molecule has 0 aromatic rings. The molecule has 0 aromatic carbocycles. The number of nitrogens with zero attached hydrogens (tertiary/aromatic N) is 1. The number of rotatable bonds is 7. The van der Waals surface area contributed by atoms with Gasteiger partial charge in [-0.2, -0.15) is 17.4 Å². The van der Waals surface area contributed by atoms with Gasteiger partial charge in [-0.1, -0.05) is 19.3 Å². The Kier molecular flexibility index (Phi) is 6.38. The fourth-order valence-electron chi connectivity index (χ4n) is 2.34. The molecule has 0 radical (unpaired) electrons. The lowest BCUT2D eigenvalue weighted by Gasteiger charge is -2.37. The second-order valence-electron chi connectivity index (χ2n) is 5.25. The van der Waals surface area contributed by atoms with Gasteiger partial charge in [0.15, 0.2) is 0 Å². The van der Waals surface area contributed by atoms with Crippen LogP contribution < -0.4 is 4.72 Å². The van der Waals surface area contributed by atoms with Crippen LogP contribution in [0.2, 0.25) is 0 Å². The molecule has 0 unspecified atom stereocenters. The van der Waals surface area contributed by atoms with Gasteiger partial charge in [0, 0.05) is 13.6 Å². The highest BCUT2D eigenvalue weighted by Crippen LogP contribution is 2.28. The van der Waals surface area contributed by atoms with Crippen molar-refractivity contribution in [1.82, 2.24) is 9.03 Å². The lowest BCUT2D eigenvalue weighted by atomic mass is 9.83. The molecule has 20 heavy (non-hydrogen) atoms. The Morgan fingerprint density at radius 2 is 1.95 bits per heavy atom. The smallest absolute Gasteiger partial charge is 0.306 e. The van der Waals surface area contributed by atoms with E-state index in [2.05, 4.69) is 9.46 Å². The van der Waals surface area contributed by atoms with Gasteiger partial charge in [-0.05, 0) is 12.8 Å². The molecule has 1 rings (SSSR count). The van der Waals surface area contributed by atoms with Crippen LogP contribution in [0.5, 0.6) is 0 Å². The zero-order valence-electron chi connectivity index (χ0n) is 12.1. The van der Waals surface area contributed by atoms with Gasteiger partial charge in [0.05, 0.1) is 25.7 Å². The summed E-state index contributed by atoms with van der Waals surface area (Å²) in [5, 5.41) is 9.52. The van der Waals surface area contributed by atoms with E-state index in [0.717, 1.165) is 23.6 Å². The number of hydrogen-bond donors (Lipinski definition) is 2. The van der Waals surface area contributed by atoms with E-state index in [0.29, 0.717) is 12.8 Å². The van der Waals surface area contributed by atoms with Crippen molar-refractivity contribution in [3.05, 3.63) is 0 Å². The zero-order valence-corrected chi connectivity index (χ0v) is 12.9. The fourth-order valence-corrected chi connectivity index (χ4v) is 3.65. The van der Waals surface area contributed by atoms with Crippen LogP contribution in [0.15, 0.2) is 0 Å². The van der Waals surface area contributed by atoms with Crippen LogP contribution in [0.3, 0.4) is 0 Å². The Labute approximate surface area is 120 Å². The number of aliphatic hydroxyl groups is 1. The van der Waals surface area contributed by atoms with E-state index in [4.69, 9.17) is 0 Å². The Balaban J connectivity index is 2.64. The summed E-state index contributed by atoms with van der Waals surface area (Å²) >= 11 is 0. The third-order valence-corrected chi connectivity index (χ3v) is 5.42. The zero-order chi connectivity index (χ0) is 15.2. The molecule has 8 heteroatoms. The van der Waals surface area contributed by atoms with Crippen molar-refractivity contribution in [1.29, 1.82) is 0 Å². The summed E-state index contributed by atoms with van der Waals surface area (Å²) in [5.74, 6) is -0.457. The normalized spacial score (nSPS) is 19.0. The van der Waals surface area contributed by atoms with Gasteiger partial charge in [-0.15, -0.1) is 0 Å². The van der Waals surface area contributed by atoms with E-state index >= 15 is 0 Å². The summed E-state index contributed by atoms with van der Waals surface area (Å²) in [6.07, 6.45) is 4.12. The molecule has 0 amide bonds. The minimum atomic E-state index is -3.72. The lowest BCUT2D eigenvalue weighted by molar-refractivity contribution is -0.140. The minimum absolute atomic E-state index is 0.0000347. The molecule has 1 fully saturated rings. The number of methoxy groups -OCH3 is 1. The molecular weight excluding hydrogens is 284 g/mol. The van der Waals surface area contributed by atoms with Crippen LogP contribution >= 0.6 is 0 Å². The van der Waals surface area contributed by atoms with Crippen molar-refractivity contribution in [2.24, 2.45) is 0 Å². The predicted molar refractivity (Wildman–Crippen MR) is 74.2 cm³/mol. The number of ether oxygens (including phenoxy) is 1. The van der Waals surface area contributed by atoms with Gasteiger partial charge in [0.1, 0.15) is 0 Å². The lowest BCUT2D eigenvalue weighted by Crippen LogP contribution is -2.56. The van der Waals surface area contributed by atoms with E-state index < -0.39 is 21.7 Å². The molecule has 118 valence electrons. The topological polar surface area (TPSA) is 95.9 Å². The van der Waals surface area contributed by atoms with Crippen LogP contribution in [-0.2, 0) is 19.7 Å². The van der Waals surface area contributed by atoms with Gasteiger partial charge in [0.2, 0.25) is 0 Å². The van der Waals surface area contributed by atoms with E-state index in [-0.39, 0.29) is 19.6 Å². The van der Waals surface area contributed by atoms with Crippen molar-refractivity contribution >= 4 is 16.2 Å². The molecule has 2 N–H and O–H groups in total. The molecule has 1 aliphatic carbocycles. The molecule has 7 nitrogen and oxygen atoms in total. The highest BCUT2D eigenvalue weighted by molar-refractivity contribution is 7.87. The Bertz CT molecular complexity index is 418. The quantitative estimate of drug-likeness (QED) is 0.646. The van der Waals surface area contributed by atoms with E-state index in [1.165, 1.54) is 14.2 Å². The summed E-state index contributed by atoms with van der Waals surface area (Å²) in [5.41, 5.74) is -0.767. The Hall–Kier alpha value is -0.700. The third-order valence-electron chi connectivity index (χ3n) is 3.73. The second kappa shape index (κ2) is 7.35. The first kappa shape index (κ1) is 17.4. The maximum Gasteiger partial charge on any atom is 0.306 e. The summed E-state index contributed by atoms with van der Waals surface area (Å²) < 4.78 is 32.6. The van der Waals surface area contributed by atoms with Crippen LogP contribution in [0, 0.1) is 0 Å². The highest BCUT2D eigenvalue weighted by Gasteiger charge is 2.36. The van der Waals surface area contributed by atoms with Gasteiger partial charge >= 0.3 is 5.97 Å². The van der Waals surface area contributed by atoms with Crippen LogP contribution in [0.25, 0.3) is 0 Å². The van der Waals surface area contributed by atoms with E-state index in [9.17, 15) is 18.3 Å². The van der Waals surface area contributed by atoms with Crippen LogP contribution in [-0.4, -0.2) is 56.6 Å². The average Bonchev–Trinajstić information content (AvgIpc) is 2.44. The fraction of sp³-hybridized carbons (Fsp3) is 0.917. The average molecular weight is 308 g/mol. The SMILES string of the molecule is COC(=O)CCN(C)S(=O)(=O)NC1(CO)CCCCC1. The maximum atomic E-state index is 12.2. The first-order valence-corrected chi connectivity index (χ1v) is 8.22. The Morgan fingerprint density at radius 3 is 2.45 bits per heavy atom. The molecule has 0 bridgehead atoms. The number of carbonyl (C=O) groups is 1. The monoisotopic (exact) mass is 308 g/mol. The van der Waals surface area contributed by atoms with Crippen molar-refractivity contribution in [3.8, 4) is 0 Å². The van der Waals surface area contributed by atoms with E-state index in [1.807, 2.05) is 0 Å². The molecule has 1 aliphatic rings. The molecule has 0 aromatic heterocycles. The minimum Gasteiger partial charge on any atom is -0.469 e. The number of hydrogen-bond acceptors (Lipinski definition) is 5. The molecule has 0 saturated heterocycles. The van der Waals surface area contributed by atoms with Crippen LogP contribution in [0.1, 0.15) is 38.5 Å². The molecule has 0 atom stereocenters. The summed E-state index contributed by atoms with van der Waals surface area (Å²) in [7, 11) is -1.06. The van der Waals surface area contributed by atoms with E-state index in [1.54, 1.807) is 0 Å². The van der Waals surface area contributed by atoms with Crippen molar-refractivity contribution in [2.45, 2.75) is 44.1 Å². The van der Waals surface area contributed by atoms with Crippen molar-refractivity contribution in [3.63, 3.8) is 0 Å². The largest absolute Gasteiger partial charge is 0.469 e. The molecule has 0 heterocycles. The summed E-state index contributed by atoms with van der Waals surface area (Å²) in [6, 6.07) is 0. The standard InChI is InChI=1S/C12H24N2O5S/c1-14(9-6-11(16)19-2)20(17,18)13-12(10-15)7-4-3-5-8-12/h13,15H,3-10H2,1-2H3. The summed E-state index contributed by atoms with van der Waals surface area (Å²) in [4.78, 5) is 11.0. The second-order valence-corrected chi connectivity index (χ2v) is 7.03. The first-order chi connectivity index (χ1) is 9.35. The highest BCUT2D eigenvalue weighted by atomic mass is 32.2. The third kappa shape index (κ3) is 4.69. The van der Waals surface area contributed by atoms with Gasteiger partial charge in [-0.25, -0.2) is 0 Å². The number of carbonyl (C=O) groups excluding carboxylic acids is 1. The molecule has 1 saturated carbocycles. The molecule has 0 spiro atoms. The number of esters is 1. The predicted octanol–water partition coefficient (Wildman–Crippen LogP) is 0.0109. The maximum absolute atomic E-state index is 12.2.